The van der Waals surface area contributed by atoms with E-state index in [2.05, 4.69) is 13.8 Å². The normalized spacial score (nSPS) is 40.9. The van der Waals surface area contributed by atoms with Gasteiger partial charge in [-0.3, -0.25) is 9.59 Å². The van der Waals surface area contributed by atoms with Crippen LogP contribution in [0.25, 0.3) is 0 Å². The molecule has 13 nitrogen and oxygen atoms in total. The molecule has 2 spiro atoms. The zero-order chi connectivity index (χ0) is 45.4. The number of aliphatic hydroxyl groups excluding tert-OH is 1. The molecule has 0 amide bonds. The van der Waals surface area contributed by atoms with E-state index in [1.54, 1.807) is 43.3 Å². The second-order valence-electron chi connectivity index (χ2n) is 19.7. The van der Waals surface area contributed by atoms with Crippen molar-refractivity contribution in [3.05, 3.63) is 42.5 Å². The SMILES string of the molecule is CC[C@@H](C(=O)[C@@H](C)[C@@H](O)[C@H](C)[C@@H]1O[C@@H]([C@@H](CC)C(=O)O)CC[C@@H]1C)[C@H]1O[C@]2(C=C[C@H](OC(=O)Oc3ccccc3)[C@]3(CC[C@@](C)([C@H]4CC[C@](O)(CC)[C@H](C)O4)O3)O2)[C@H](C)C[C@@H]1C. The Labute approximate surface area is 368 Å². The molecule has 1 aromatic carbocycles. The Morgan fingerprint density at radius 3 is 2.19 bits per heavy atom. The number of carbonyl (C=O) groups excluding carboxylic acids is 2. The van der Waals surface area contributed by atoms with E-state index >= 15 is 0 Å². The van der Waals surface area contributed by atoms with Crippen molar-refractivity contribution in [1.29, 1.82) is 0 Å². The number of benzene rings is 1. The van der Waals surface area contributed by atoms with Crippen LogP contribution in [0.4, 0.5) is 4.79 Å². The van der Waals surface area contributed by atoms with E-state index in [1.165, 1.54) is 0 Å². The maximum absolute atomic E-state index is 14.7. The molecule has 5 aliphatic heterocycles. The molecule has 6 rings (SSSR count). The second kappa shape index (κ2) is 19.3. The monoisotopic (exact) mass is 871 g/mol. The molecule has 0 aromatic heterocycles. The third kappa shape index (κ3) is 9.56. The summed E-state index contributed by atoms with van der Waals surface area (Å²) in [4.78, 5) is 40.1. The number of hydrogen-bond acceptors (Lipinski definition) is 12. The minimum absolute atomic E-state index is 0.0530. The van der Waals surface area contributed by atoms with E-state index in [0.29, 0.717) is 63.5 Å². The smallest absolute Gasteiger partial charge is 0.481 e. The minimum atomic E-state index is -1.51. The van der Waals surface area contributed by atoms with E-state index in [-0.39, 0.29) is 29.6 Å². The molecular weight excluding hydrogens is 797 g/mol. The van der Waals surface area contributed by atoms with Crippen LogP contribution in [0.2, 0.25) is 0 Å². The molecule has 0 saturated carbocycles. The summed E-state index contributed by atoms with van der Waals surface area (Å²) in [7, 11) is 0. The average Bonchev–Trinajstić information content (AvgIpc) is 3.59. The third-order valence-corrected chi connectivity index (χ3v) is 15.6. The number of para-hydroxylation sites is 1. The summed E-state index contributed by atoms with van der Waals surface area (Å²) in [5, 5.41) is 32.9. The Morgan fingerprint density at radius 1 is 0.871 bits per heavy atom. The lowest BCUT2D eigenvalue weighted by Gasteiger charge is -2.54. The fourth-order valence-corrected chi connectivity index (χ4v) is 11.3. The highest BCUT2D eigenvalue weighted by Crippen LogP contribution is 2.54. The topological polar surface area (TPSA) is 177 Å². The maximum Gasteiger partial charge on any atom is 0.514 e. The lowest BCUT2D eigenvalue weighted by molar-refractivity contribution is -0.408. The van der Waals surface area contributed by atoms with E-state index in [9.17, 15) is 29.7 Å². The molecule has 4 fully saturated rings. The van der Waals surface area contributed by atoms with Crippen LogP contribution in [-0.2, 0) is 38.0 Å². The Kier molecular flexibility index (Phi) is 15.1. The number of carboxylic acids is 1. The molecule has 5 aliphatic rings. The molecule has 3 N–H and O–H groups in total. The number of hydrogen-bond donors (Lipinski definition) is 3. The van der Waals surface area contributed by atoms with Gasteiger partial charge in [0.1, 0.15) is 11.5 Å². The number of ether oxygens (including phenoxy) is 7. The first-order chi connectivity index (χ1) is 29.3. The minimum Gasteiger partial charge on any atom is -0.481 e. The number of rotatable bonds is 14. The zero-order valence-corrected chi connectivity index (χ0v) is 38.6. The zero-order valence-electron chi connectivity index (χ0n) is 38.6. The summed E-state index contributed by atoms with van der Waals surface area (Å²) < 4.78 is 45.9. The second-order valence-corrected chi connectivity index (χ2v) is 19.7. The first kappa shape index (κ1) is 48.5. The predicted molar refractivity (Wildman–Crippen MR) is 230 cm³/mol. The third-order valence-electron chi connectivity index (χ3n) is 15.6. The van der Waals surface area contributed by atoms with Crippen molar-refractivity contribution in [3.63, 3.8) is 0 Å². The van der Waals surface area contributed by atoms with Gasteiger partial charge in [-0.2, -0.15) is 0 Å². The first-order valence-corrected chi connectivity index (χ1v) is 23.4. The number of aliphatic hydroxyl groups is 2. The first-order valence-electron chi connectivity index (χ1n) is 23.4. The Morgan fingerprint density at radius 2 is 1.56 bits per heavy atom. The fourth-order valence-electron chi connectivity index (χ4n) is 11.3. The van der Waals surface area contributed by atoms with Crippen molar-refractivity contribution < 1.29 is 62.9 Å². The summed E-state index contributed by atoms with van der Waals surface area (Å²) >= 11 is 0. The van der Waals surface area contributed by atoms with Crippen LogP contribution >= 0.6 is 0 Å². The summed E-state index contributed by atoms with van der Waals surface area (Å²) in [6.07, 6.45) is 3.78. The van der Waals surface area contributed by atoms with Gasteiger partial charge in [0.05, 0.1) is 53.7 Å². The largest absolute Gasteiger partial charge is 0.514 e. The van der Waals surface area contributed by atoms with Gasteiger partial charge in [0.15, 0.2) is 11.9 Å². The van der Waals surface area contributed by atoms with Crippen molar-refractivity contribution >= 4 is 17.9 Å². The molecule has 5 heterocycles. The number of ketones is 1. The van der Waals surface area contributed by atoms with Gasteiger partial charge in [0, 0.05) is 30.1 Å². The van der Waals surface area contributed by atoms with Gasteiger partial charge in [-0.1, -0.05) is 73.6 Å². The highest BCUT2D eigenvalue weighted by atomic mass is 16.8. The van der Waals surface area contributed by atoms with Crippen LogP contribution < -0.4 is 4.74 Å². The van der Waals surface area contributed by atoms with Gasteiger partial charge >= 0.3 is 12.1 Å². The Balaban J connectivity index is 1.24. The summed E-state index contributed by atoms with van der Waals surface area (Å²) in [5.74, 6) is -6.14. The van der Waals surface area contributed by atoms with E-state index < -0.39 is 95.2 Å². The molecule has 348 valence electrons. The standard InChI is InChI=1S/C49H74O13/c1-11-35(44(52)53)37-20-19-28(4)42(58-37)32(8)40(50)31(7)41(51)36(12-2)43-29(5)27-30(6)48(60-43)24-22-39(59-45(54)57-34-17-15-14-16-18-34)49(62-48)26-25-46(10,61-49)38-21-23-47(55,13-3)33(9)56-38/h14-18,22,24,28-33,35-40,42-43,50,55H,11-13,19-21,23,25-27H2,1-10H3,(H,52,53)/t28-,29-,30+,31-,32-,33-,35+,36-,37+,38+,39-,40+,42+,43-,46-,47+,48-,49-/m0/s1. The molecule has 13 heteroatoms. The van der Waals surface area contributed by atoms with Crippen molar-refractivity contribution in [2.24, 2.45) is 41.4 Å². The van der Waals surface area contributed by atoms with Crippen LogP contribution in [0.3, 0.4) is 0 Å². The highest BCUT2D eigenvalue weighted by molar-refractivity contribution is 5.84. The van der Waals surface area contributed by atoms with Gasteiger partial charge in [-0.05, 0) is 108 Å². The highest BCUT2D eigenvalue weighted by Gasteiger charge is 2.64. The van der Waals surface area contributed by atoms with E-state index in [0.717, 1.165) is 6.42 Å². The van der Waals surface area contributed by atoms with Crippen LogP contribution in [0.5, 0.6) is 5.75 Å². The summed E-state index contributed by atoms with van der Waals surface area (Å²) in [5.41, 5.74) is -1.81. The molecule has 1 aromatic rings. The molecule has 0 unspecified atom stereocenters. The molecule has 0 radical (unpaired) electrons. The van der Waals surface area contributed by atoms with Gasteiger partial charge in [-0.25, -0.2) is 4.79 Å². The van der Waals surface area contributed by atoms with Crippen molar-refractivity contribution in [2.75, 3.05) is 0 Å². The van der Waals surface area contributed by atoms with Crippen LogP contribution in [0.1, 0.15) is 133 Å². The van der Waals surface area contributed by atoms with Crippen LogP contribution in [-0.4, -0.2) is 98.7 Å². The predicted octanol–water partition coefficient (Wildman–Crippen LogP) is 8.41. The van der Waals surface area contributed by atoms with Crippen molar-refractivity contribution in [1.82, 2.24) is 0 Å². The van der Waals surface area contributed by atoms with E-state index in [1.807, 2.05) is 54.5 Å². The fraction of sp³-hybridized carbons (Fsp3) is 0.776. The quantitative estimate of drug-likeness (QED) is 0.0924. The van der Waals surface area contributed by atoms with Gasteiger partial charge in [0.25, 0.3) is 0 Å². The van der Waals surface area contributed by atoms with Crippen LogP contribution in [0, 0.1) is 41.4 Å². The molecular formula is C49H74O13. The van der Waals surface area contributed by atoms with E-state index in [4.69, 9.17) is 33.2 Å². The summed E-state index contributed by atoms with van der Waals surface area (Å²) in [6.45, 7) is 19.5. The van der Waals surface area contributed by atoms with Gasteiger partial charge in [-0.15, -0.1) is 0 Å². The molecule has 18 atom stereocenters. The molecule has 0 bridgehead atoms. The maximum atomic E-state index is 14.7. The number of aliphatic carboxylic acids is 1. The number of carbonyl (C=O) groups is 3. The van der Waals surface area contributed by atoms with Crippen molar-refractivity contribution in [3.8, 4) is 5.75 Å². The lowest BCUT2D eigenvalue weighted by atomic mass is 9.72. The Bertz CT molecular complexity index is 1740. The molecule has 4 saturated heterocycles. The number of carboxylic acid groups (broad SMARTS) is 1. The van der Waals surface area contributed by atoms with Crippen molar-refractivity contribution in [2.45, 2.75) is 199 Å². The number of Topliss-reactive ketones (excluding diaryl/α,β-unsaturated/α-hetero) is 1. The van der Waals surface area contributed by atoms with Gasteiger partial charge in [0.2, 0.25) is 5.79 Å². The van der Waals surface area contributed by atoms with Gasteiger partial charge < -0.3 is 48.5 Å². The Hall–Kier alpha value is -2.91. The average molecular weight is 871 g/mol. The molecule has 62 heavy (non-hydrogen) atoms. The van der Waals surface area contributed by atoms with Crippen LogP contribution in [0.15, 0.2) is 42.5 Å². The summed E-state index contributed by atoms with van der Waals surface area (Å²) in [6, 6.07) is 8.66. The molecule has 0 aliphatic carbocycles. The lowest BCUT2D eigenvalue weighted by Crippen LogP contribution is -2.63.